The van der Waals surface area contributed by atoms with Crippen LogP contribution >= 0.6 is 0 Å². The number of hydrogen-bond donors (Lipinski definition) is 1. The van der Waals surface area contributed by atoms with Gasteiger partial charge in [-0.15, -0.1) is 0 Å². The van der Waals surface area contributed by atoms with Gasteiger partial charge in [0.1, 0.15) is 0 Å². The first kappa shape index (κ1) is 10.2. The summed E-state index contributed by atoms with van der Waals surface area (Å²) in [6.07, 6.45) is 3.87. The van der Waals surface area contributed by atoms with E-state index in [0.29, 0.717) is 5.92 Å². The highest BCUT2D eigenvalue weighted by atomic mass is 14.7. The lowest BCUT2D eigenvalue weighted by Crippen LogP contribution is -2.05. The maximum atomic E-state index is 3.66. The minimum absolute atomic E-state index is 0.680. The number of aromatic nitrogens is 1. The number of rotatable bonds is 0. The molecule has 1 heterocycles. The van der Waals surface area contributed by atoms with E-state index in [4.69, 9.17) is 0 Å². The Morgan fingerprint density at radius 1 is 1.11 bits per heavy atom. The summed E-state index contributed by atoms with van der Waals surface area (Å²) in [4.78, 5) is 3.66. The number of H-pyrrole nitrogens is 1. The summed E-state index contributed by atoms with van der Waals surface area (Å²) in [5.41, 5.74) is 4.36. The molecule has 1 atom stereocenters. The van der Waals surface area contributed by atoms with Gasteiger partial charge in [0.2, 0.25) is 0 Å². The smallest absolute Gasteiger partial charge is 0.0465 e. The van der Waals surface area contributed by atoms with Crippen molar-refractivity contribution in [2.24, 2.45) is 0 Å². The van der Waals surface area contributed by atoms with Gasteiger partial charge in [0.25, 0.3) is 0 Å². The first-order valence-electron chi connectivity index (χ1n) is 6.87. The van der Waals surface area contributed by atoms with E-state index in [-0.39, 0.29) is 0 Å². The van der Waals surface area contributed by atoms with Crippen molar-refractivity contribution in [2.45, 2.75) is 32.1 Å². The Bertz CT molecular complexity index is 736. The van der Waals surface area contributed by atoms with Gasteiger partial charge in [-0.1, -0.05) is 37.3 Å². The van der Waals surface area contributed by atoms with Crippen LogP contribution < -0.4 is 0 Å². The molecule has 0 fully saturated rings. The molecular formula is C17H17N. The van der Waals surface area contributed by atoms with Crippen LogP contribution in [-0.4, -0.2) is 4.98 Å². The molecule has 18 heavy (non-hydrogen) atoms. The molecule has 0 aliphatic heterocycles. The monoisotopic (exact) mass is 235 g/mol. The van der Waals surface area contributed by atoms with Gasteiger partial charge in [0.05, 0.1) is 0 Å². The van der Waals surface area contributed by atoms with Crippen LogP contribution in [0.4, 0.5) is 0 Å². The number of hydrogen-bond acceptors (Lipinski definition) is 0. The summed E-state index contributed by atoms with van der Waals surface area (Å²) in [7, 11) is 0. The van der Waals surface area contributed by atoms with Gasteiger partial charge in [-0.2, -0.15) is 0 Å². The Balaban J connectivity index is 2.18. The number of benzene rings is 2. The largest absolute Gasteiger partial charge is 0.358 e. The van der Waals surface area contributed by atoms with Crippen molar-refractivity contribution >= 4 is 21.7 Å². The van der Waals surface area contributed by atoms with Gasteiger partial charge < -0.3 is 4.98 Å². The topological polar surface area (TPSA) is 15.8 Å². The normalized spacial score (nSPS) is 19.3. The van der Waals surface area contributed by atoms with E-state index < -0.39 is 0 Å². The summed E-state index contributed by atoms with van der Waals surface area (Å²) in [6, 6.07) is 13.2. The second-order valence-electron chi connectivity index (χ2n) is 5.52. The summed E-state index contributed by atoms with van der Waals surface area (Å²) in [5, 5.41) is 4.22. The predicted molar refractivity (Wildman–Crippen MR) is 77.2 cm³/mol. The van der Waals surface area contributed by atoms with Gasteiger partial charge in [0.15, 0.2) is 0 Å². The van der Waals surface area contributed by atoms with Crippen molar-refractivity contribution in [3.8, 4) is 0 Å². The summed E-state index contributed by atoms with van der Waals surface area (Å²) in [6.45, 7) is 2.34. The van der Waals surface area contributed by atoms with Crippen LogP contribution in [0.5, 0.6) is 0 Å². The minimum atomic E-state index is 0.680. The van der Waals surface area contributed by atoms with E-state index in [1.165, 1.54) is 46.6 Å². The molecule has 0 saturated heterocycles. The fourth-order valence-corrected chi connectivity index (χ4v) is 3.47. The third kappa shape index (κ3) is 1.28. The van der Waals surface area contributed by atoms with Gasteiger partial charge in [-0.3, -0.25) is 0 Å². The van der Waals surface area contributed by atoms with Crippen molar-refractivity contribution in [1.29, 1.82) is 0 Å². The average molecular weight is 235 g/mol. The zero-order valence-electron chi connectivity index (χ0n) is 10.7. The average Bonchev–Trinajstić information content (AvgIpc) is 2.79. The molecule has 4 rings (SSSR count). The van der Waals surface area contributed by atoms with Crippen LogP contribution in [0, 0.1) is 0 Å². The molecule has 1 aromatic heterocycles. The first-order chi connectivity index (χ1) is 8.84. The van der Waals surface area contributed by atoms with E-state index in [0.717, 1.165) is 0 Å². The molecule has 0 amide bonds. The van der Waals surface area contributed by atoms with Crippen molar-refractivity contribution in [3.63, 3.8) is 0 Å². The van der Waals surface area contributed by atoms with E-state index in [1.54, 1.807) is 5.56 Å². The molecule has 0 spiro atoms. The van der Waals surface area contributed by atoms with Crippen LogP contribution in [0.15, 0.2) is 36.4 Å². The SMILES string of the molecule is CC1CCCc2c1[nH]c1ccc3ccccc3c21. The van der Waals surface area contributed by atoms with E-state index >= 15 is 0 Å². The van der Waals surface area contributed by atoms with Crippen molar-refractivity contribution in [2.75, 3.05) is 0 Å². The fraction of sp³-hybridized carbons (Fsp3) is 0.294. The molecule has 90 valence electrons. The lowest BCUT2D eigenvalue weighted by molar-refractivity contribution is 0.582. The summed E-state index contributed by atoms with van der Waals surface area (Å²) in [5.74, 6) is 0.680. The Hall–Kier alpha value is -1.76. The van der Waals surface area contributed by atoms with E-state index in [9.17, 15) is 0 Å². The van der Waals surface area contributed by atoms with Crippen LogP contribution in [0.1, 0.15) is 36.9 Å². The van der Waals surface area contributed by atoms with Gasteiger partial charge >= 0.3 is 0 Å². The molecule has 2 aromatic carbocycles. The third-order valence-corrected chi connectivity index (χ3v) is 4.38. The highest BCUT2D eigenvalue weighted by molar-refractivity contribution is 6.08. The molecule has 1 nitrogen and oxygen atoms in total. The van der Waals surface area contributed by atoms with Crippen LogP contribution in [-0.2, 0) is 6.42 Å². The van der Waals surface area contributed by atoms with Crippen LogP contribution in [0.2, 0.25) is 0 Å². The zero-order valence-corrected chi connectivity index (χ0v) is 10.7. The minimum Gasteiger partial charge on any atom is -0.358 e. The molecule has 0 radical (unpaired) electrons. The molecule has 1 aliphatic carbocycles. The zero-order chi connectivity index (χ0) is 12.1. The molecule has 3 aromatic rings. The quantitative estimate of drug-likeness (QED) is 0.578. The molecule has 1 heteroatoms. The Labute approximate surface area is 107 Å². The lowest BCUT2D eigenvalue weighted by atomic mass is 9.87. The predicted octanol–water partition coefficient (Wildman–Crippen LogP) is 4.76. The summed E-state index contributed by atoms with van der Waals surface area (Å²) < 4.78 is 0. The number of nitrogens with one attached hydrogen (secondary N) is 1. The van der Waals surface area contributed by atoms with Crippen LogP contribution in [0.25, 0.3) is 21.7 Å². The summed E-state index contributed by atoms with van der Waals surface area (Å²) >= 11 is 0. The maximum absolute atomic E-state index is 3.66. The lowest BCUT2D eigenvalue weighted by Gasteiger charge is -2.18. The molecule has 1 unspecified atom stereocenters. The standard InChI is InChI=1S/C17H17N/c1-11-5-4-8-14-16-13-7-3-2-6-12(13)9-10-15(16)18-17(11)14/h2-3,6-7,9-11,18H,4-5,8H2,1H3. The second-order valence-corrected chi connectivity index (χ2v) is 5.52. The number of aryl methyl sites for hydroxylation is 1. The Morgan fingerprint density at radius 3 is 2.94 bits per heavy atom. The van der Waals surface area contributed by atoms with Crippen molar-refractivity contribution in [1.82, 2.24) is 4.98 Å². The number of fused-ring (bicyclic) bond motifs is 5. The maximum Gasteiger partial charge on any atom is 0.0465 e. The highest BCUT2D eigenvalue weighted by Crippen LogP contribution is 2.38. The molecular weight excluding hydrogens is 218 g/mol. The Morgan fingerprint density at radius 2 is 2.00 bits per heavy atom. The third-order valence-electron chi connectivity index (χ3n) is 4.38. The van der Waals surface area contributed by atoms with E-state index in [1.807, 2.05) is 0 Å². The highest BCUT2D eigenvalue weighted by Gasteiger charge is 2.21. The van der Waals surface area contributed by atoms with E-state index in [2.05, 4.69) is 48.3 Å². The Kier molecular flexibility index (Phi) is 2.05. The number of aromatic amines is 1. The molecule has 0 saturated carbocycles. The van der Waals surface area contributed by atoms with Gasteiger partial charge in [0, 0.05) is 16.6 Å². The van der Waals surface area contributed by atoms with Crippen LogP contribution in [0.3, 0.4) is 0 Å². The second kappa shape index (κ2) is 3.61. The van der Waals surface area contributed by atoms with Gasteiger partial charge in [-0.25, -0.2) is 0 Å². The van der Waals surface area contributed by atoms with Crippen molar-refractivity contribution in [3.05, 3.63) is 47.7 Å². The van der Waals surface area contributed by atoms with Gasteiger partial charge in [-0.05, 0) is 47.6 Å². The molecule has 1 aliphatic rings. The fourth-order valence-electron chi connectivity index (χ4n) is 3.47. The molecule has 1 N–H and O–H groups in total. The van der Waals surface area contributed by atoms with Crippen molar-refractivity contribution < 1.29 is 0 Å². The first-order valence-corrected chi connectivity index (χ1v) is 6.87. The molecule has 0 bridgehead atoms.